The summed E-state index contributed by atoms with van der Waals surface area (Å²) >= 11 is 0. The highest BCUT2D eigenvalue weighted by atomic mass is 16.5. The second-order valence-electron chi connectivity index (χ2n) is 9.76. The minimum atomic E-state index is -0.338. The van der Waals surface area contributed by atoms with Crippen molar-refractivity contribution < 1.29 is 19.1 Å². The van der Waals surface area contributed by atoms with Crippen LogP contribution in [0.4, 0.5) is 10.5 Å². The molecule has 0 radical (unpaired) electrons. The molecule has 0 N–H and O–H groups in total. The monoisotopic (exact) mass is 475 g/mol. The van der Waals surface area contributed by atoms with Crippen LogP contribution in [0.3, 0.4) is 0 Å². The number of rotatable bonds is 4. The number of ether oxygens (including phenoxy) is 2. The van der Waals surface area contributed by atoms with E-state index in [4.69, 9.17) is 14.5 Å². The molecule has 3 atom stereocenters. The summed E-state index contributed by atoms with van der Waals surface area (Å²) in [6.45, 7) is 2.05. The Kier molecular flexibility index (Phi) is 6.50. The molecule has 1 fully saturated rings. The van der Waals surface area contributed by atoms with Crippen LogP contribution in [-0.2, 0) is 27.1 Å². The molecule has 1 aliphatic heterocycles. The molecular formula is C28H33N3O4. The molecule has 0 bridgehead atoms. The number of amides is 1. The number of aromatic nitrogens is 2. The fourth-order valence-corrected chi connectivity index (χ4v) is 5.91. The van der Waals surface area contributed by atoms with Crippen LogP contribution in [0.25, 0.3) is 11.0 Å². The molecule has 1 aliphatic carbocycles. The van der Waals surface area contributed by atoms with Gasteiger partial charge >= 0.3 is 12.1 Å². The van der Waals surface area contributed by atoms with Gasteiger partial charge in [-0.15, -0.1) is 0 Å². The molecule has 0 spiro atoms. The predicted octanol–water partition coefficient (Wildman–Crippen LogP) is 5.44. The van der Waals surface area contributed by atoms with Crippen LogP contribution in [0.1, 0.15) is 62.0 Å². The molecule has 0 saturated heterocycles. The maximum atomic E-state index is 12.6. The minimum Gasteiger partial charge on any atom is -0.469 e. The fourth-order valence-electron chi connectivity index (χ4n) is 5.91. The molecule has 3 aromatic rings. The number of aryl methyl sites for hydroxylation is 1. The van der Waals surface area contributed by atoms with Gasteiger partial charge in [0.05, 0.1) is 36.9 Å². The van der Waals surface area contributed by atoms with Crippen molar-refractivity contribution in [3.63, 3.8) is 0 Å². The number of esters is 1. The van der Waals surface area contributed by atoms with Crippen molar-refractivity contribution in [3.05, 3.63) is 59.4 Å². The Morgan fingerprint density at radius 3 is 2.57 bits per heavy atom. The number of imidazole rings is 1. The lowest BCUT2D eigenvalue weighted by Gasteiger charge is -2.34. The predicted molar refractivity (Wildman–Crippen MR) is 135 cm³/mol. The zero-order chi connectivity index (χ0) is 24.5. The third-order valence-corrected chi connectivity index (χ3v) is 7.65. The van der Waals surface area contributed by atoms with E-state index >= 15 is 0 Å². The van der Waals surface area contributed by atoms with Crippen LogP contribution >= 0.6 is 0 Å². The average Bonchev–Trinajstić information content (AvgIpc) is 3.26. The molecule has 1 saturated carbocycles. The summed E-state index contributed by atoms with van der Waals surface area (Å²) in [6.07, 6.45) is 5.69. The van der Waals surface area contributed by atoms with Gasteiger partial charge in [-0.25, -0.2) is 9.78 Å². The van der Waals surface area contributed by atoms with E-state index in [1.165, 1.54) is 19.8 Å². The third kappa shape index (κ3) is 4.28. The highest BCUT2D eigenvalue weighted by molar-refractivity contribution is 5.95. The average molecular weight is 476 g/mol. The number of anilines is 1. The first-order valence-corrected chi connectivity index (χ1v) is 12.5. The molecular weight excluding hydrogens is 442 g/mol. The minimum absolute atomic E-state index is 0.0671. The van der Waals surface area contributed by atoms with Crippen molar-refractivity contribution in [1.82, 2.24) is 9.55 Å². The number of methoxy groups -OCH3 is 2. The number of nitrogens with zero attached hydrogens (tertiary/aromatic N) is 3. The number of fused-ring (bicyclic) bond motifs is 3. The Bertz CT molecular complexity index is 1240. The van der Waals surface area contributed by atoms with E-state index in [0.717, 1.165) is 66.6 Å². The van der Waals surface area contributed by atoms with Crippen LogP contribution in [0.5, 0.6) is 0 Å². The van der Waals surface area contributed by atoms with Gasteiger partial charge in [-0.1, -0.05) is 36.8 Å². The number of hydrogen-bond donors (Lipinski definition) is 0. The van der Waals surface area contributed by atoms with E-state index < -0.39 is 0 Å². The molecule has 2 aromatic carbocycles. The standard InChI is InChI=1S/C28H33N3O4/c1-18-12-13-22-23(30(18)28(33)35-3)14-15-24-26(22)29-25(16-19-8-5-4-6-9-19)31(24)21-11-7-10-20(17-21)27(32)34-2/h4-6,8-9,14-15,18,20-21H,7,10-13,16-17H2,1-3H3/t18?,20-,21-/m1/s1. The number of hydrogen-bond acceptors (Lipinski definition) is 5. The SMILES string of the molecule is COC(=O)[C@@H]1CCC[C@@H](n2c(Cc3ccccc3)nc3c4c(ccc32)N(C(=O)OC)C(C)CC4)C1. The van der Waals surface area contributed by atoms with Crippen molar-refractivity contribution >= 4 is 28.8 Å². The first-order valence-electron chi connectivity index (χ1n) is 12.5. The molecule has 1 aromatic heterocycles. The topological polar surface area (TPSA) is 73.7 Å². The molecule has 7 heteroatoms. The summed E-state index contributed by atoms with van der Waals surface area (Å²) < 4.78 is 12.5. The van der Waals surface area contributed by atoms with Crippen molar-refractivity contribution in [3.8, 4) is 0 Å². The Balaban J connectivity index is 1.64. The molecule has 5 rings (SSSR count). The summed E-state index contributed by atoms with van der Waals surface area (Å²) in [4.78, 5) is 31.9. The highest BCUT2D eigenvalue weighted by Gasteiger charge is 2.34. The highest BCUT2D eigenvalue weighted by Crippen LogP contribution is 2.41. The van der Waals surface area contributed by atoms with Gasteiger partial charge in [0.25, 0.3) is 0 Å². The lowest BCUT2D eigenvalue weighted by atomic mass is 9.85. The lowest BCUT2D eigenvalue weighted by Crippen LogP contribution is -2.42. The van der Waals surface area contributed by atoms with Gasteiger partial charge in [0, 0.05) is 24.1 Å². The van der Waals surface area contributed by atoms with Crippen LogP contribution in [0.2, 0.25) is 0 Å². The molecule has 184 valence electrons. The number of benzene rings is 2. The summed E-state index contributed by atoms with van der Waals surface area (Å²) in [5.41, 5.74) is 5.21. The van der Waals surface area contributed by atoms with E-state index in [1.54, 1.807) is 4.90 Å². The first kappa shape index (κ1) is 23.4. The van der Waals surface area contributed by atoms with Gasteiger partial charge in [0.15, 0.2) is 0 Å². The van der Waals surface area contributed by atoms with Crippen LogP contribution in [0, 0.1) is 5.92 Å². The van der Waals surface area contributed by atoms with E-state index in [0.29, 0.717) is 6.42 Å². The van der Waals surface area contributed by atoms with Gasteiger partial charge in [0.1, 0.15) is 5.82 Å². The first-order chi connectivity index (χ1) is 17.0. The van der Waals surface area contributed by atoms with Crippen molar-refractivity contribution in [2.75, 3.05) is 19.1 Å². The zero-order valence-corrected chi connectivity index (χ0v) is 20.7. The van der Waals surface area contributed by atoms with Gasteiger partial charge in [-0.2, -0.15) is 0 Å². The van der Waals surface area contributed by atoms with Crippen LogP contribution < -0.4 is 4.90 Å². The number of carbonyl (C=O) groups excluding carboxylic acids is 2. The van der Waals surface area contributed by atoms with Gasteiger partial charge in [0.2, 0.25) is 0 Å². The van der Waals surface area contributed by atoms with Gasteiger partial charge in [-0.05, 0) is 56.7 Å². The summed E-state index contributed by atoms with van der Waals surface area (Å²) in [5.74, 6) is 0.788. The van der Waals surface area contributed by atoms with E-state index in [1.807, 2.05) is 24.3 Å². The smallest absolute Gasteiger partial charge is 0.414 e. The van der Waals surface area contributed by atoms with E-state index in [-0.39, 0.29) is 30.1 Å². The lowest BCUT2D eigenvalue weighted by molar-refractivity contribution is -0.147. The maximum Gasteiger partial charge on any atom is 0.414 e. The number of carbonyl (C=O) groups is 2. The Morgan fingerprint density at radius 2 is 1.83 bits per heavy atom. The fraction of sp³-hybridized carbons (Fsp3) is 0.464. The summed E-state index contributed by atoms with van der Waals surface area (Å²) in [6, 6.07) is 14.7. The quantitative estimate of drug-likeness (QED) is 0.470. The second-order valence-corrected chi connectivity index (χ2v) is 9.76. The molecule has 1 unspecified atom stereocenters. The largest absolute Gasteiger partial charge is 0.469 e. The second kappa shape index (κ2) is 9.72. The van der Waals surface area contributed by atoms with E-state index in [9.17, 15) is 9.59 Å². The maximum absolute atomic E-state index is 12.6. The molecule has 35 heavy (non-hydrogen) atoms. The van der Waals surface area contributed by atoms with Gasteiger partial charge in [-0.3, -0.25) is 9.69 Å². The Hall–Kier alpha value is -3.35. The molecule has 2 heterocycles. The normalized spacial score (nSPS) is 22.0. The Morgan fingerprint density at radius 1 is 1.03 bits per heavy atom. The summed E-state index contributed by atoms with van der Waals surface area (Å²) in [7, 11) is 2.90. The van der Waals surface area contributed by atoms with Crippen molar-refractivity contribution in [2.45, 2.75) is 64.0 Å². The summed E-state index contributed by atoms with van der Waals surface area (Å²) in [5, 5.41) is 0. The molecule has 7 nitrogen and oxygen atoms in total. The Labute approximate surface area is 206 Å². The van der Waals surface area contributed by atoms with Crippen LogP contribution in [-0.4, -0.2) is 41.9 Å². The van der Waals surface area contributed by atoms with Crippen molar-refractivity contribution in [1.29, 1.82) is 0 Å². The molecule has 1 amide bonds. The van der Waals surface area contributed by atoms with Crippen LogP contribution in [0.15, 0.2) is 42.5 Å². The zero-order valence-electron chi connectivity index (χ0n) is 20.7. The van der Waals surface area contributed by atoms with Gasteiger partial charge < -0.3 is 14.0 Å². The molecule has 2 aliphatic rings. The third-order valence-electron chi connectivity index (χ3n) is 7.65. The van der Waals surface area contributed by atoms with Crippen molar-refractivity contribution in [2.24, 2.45) is 5.92 Å². The van der Waals surface area contributed by atoms with E-state index in [2.05, 4.69) is 29.7 Å².